The van der Waals surface area contributed by atoms with Crippen molar-refractivity contribution in [1.29, 1.82) is 0 Å². The van der Waals surface area contributed by atoms with E-state index in [1.807, 2.05) is 0 Å². The predicted molar refractivity (Wildman–Crippen MR) is 54.4 cm³/mol. The molecule has 0 atom stereocenters. The summed E-state index contributed by atoms with van der Waals surface area (Å²) in [5.41, 5.74) is -0.471. The van der Waals surface area contributed by atoms with Crippen LogP contribution in [0, 0.1) is 5.82 Å². The van der Waals surface area contributed by atoms with Crippen LogP contribution in [-0.4, -0.2) is 4.98 Å². The number of fused-ring (bicyclic) bond motifs is 1. The molecule has 0 N–H and O–H groups in total. The smallest absolute Gasteiger partial charge is 0.244 e. The van der Waals surface area contributed by atoms with E-state index in [2.05, 4.69) is 20.9 Å². The second-order valence-electron chi connectivity index (χ2n) is 2.97. The second kappa shape index (κ2) is 3.81. The van der Waals surface area contributed by atoms with Gasteiger partial charge in [-0.2, -0.15) is 0 Å². The van der Waals surface area contributed by atoms with Crippen LogP contribution in [0.25, 0.3) is 10.9 Å². The molecular formula is C10H5BrF3N. The van der Waals surface area contributed by atoms with Gasteiger partial charge in [-0.1, -0.05) is 28.1 Å². The van der Waals surface area contributed by atoms with Crippen LogP contribution < -0.4 is 0 Å². The highest BCUT2D eigenvalue weighted by Gasteiger charge is 2.13. The summed E-state index contributed by atoms with van der Waals surface area (Å²) in [6.45, 7) is 0. The Hall–Kier alpha value is -1.10. The number of pyridine rings is 1. The minimum Gasteiger partial charge on any atom is -0.244 e. The zero-order valence-corrected chi connectivity index (χ0v) is 8.93. The van der Waals surface area contributed by atoms with Crippen LogP contribution in [0.3, 0.4) is 0 Å². The lowest BCUT2D eigenvalue weighted by Crippen LogP contribution is -1.93. The summed E-state index contributed by atoms with van der Waals surface area (Å²) in [4.78, 5) is 3.58. The quantitative estimate of drug-likeness (QED) is 0.765. The normalized spacial score (nSPS) is 11.3. The minimum atomic E-state index is -2.70. The van der Waals surface area contributed by atoms with Crippen LogP contribution in [0.1, 0.15) is 12.1 Å². The number of halogens is 4. The summed E-state index contributed by atoms with van der Waals surface area (Å²) in [7, 11) is 0. The minimum absolute atomic E-state index is 0.0397. The van der Waals surface area contributed by atoms with Gasteiger partial charge in [-0.3, -0.25) is 0 Å². The Balaban J connectivity index is 2.80. The molecule has 0 amide bonds. The number of rotatable bonds is 1. The van der Waals surface area contributed by atoms with Crippen molar-refractivity contribution in [3.05, 3.63) is 40.2 Å². The van der Waals surface area contributed by atoms with E-state index in [0.717, 1.165) is 0 Å². The highest BCUT2D eigenvalue weighted by atomic mass is 79.9. The molecule has 1 aromatic heterocycles. The third-order valence-corrected chi connectivity index (χ3v) is 2.64. The largest absolute Gasteiger partial charge is 0.280 e. The fourth-order valence-electron chi connectivity index (χ4n) is 1.30. The third kappa shape index (κ3) is 1.84. The maximum atomic E-state index is 13.3. The molecule has 15 heavy (non-hydrogen) atoms. The maximum absolute atomic E-state index is 13.3. The van der Waals surface area contributed by atoms with Gasteiger partial charge < -0.3 is 0 Å². The Kier molecular flexibility index (Phi) is 2.65. The molecule has 0 spiro atoms. The highest BCUT2D eigenvalue weighted by Crippen LogP contribution is 2.28. The van der Waals surface area contributed by atoms with Crippen LogP contribution in [-0.2, 0) is 0 Å². The number of alkyl halides is 2. The number of benzene rings is 1. The van der Waals surface area contributed by atoms with Gasteiger partial charge in [0.05, 0.1) is 0 Å². The Morgan fingerprint density at radius 1 is 1.27 bits per heavy atom. The van der Waals surface area contributed by atoms with E-state index in [1.165, 1.54) is 18.2 Å². The van der Waals surface area contributed by atoms with Crippen LogP contribution in [0.2, 0.25) is 0 Å². The summed E-state index contributed by atoms with van der Waals surface area (Å²) in [5, 5.41) is 0.486. The molecule has 0 saturated carbocycles. The molecule has 5 heteroatoms. The van der Waals surface area contributed by atoms with Crippen LogP contribution in [0.5, 0.6) is 0 Å². The SMILES string of the molecule is Fc1cccc2c(Br)cc(C(F)F)nc12. The van der Waals surface area contributed by atoms with E-state index in [4.69, 9.17) is 0 Å². The molecule has 0 fully saturated rings. The van der Waals surface area contributed by atoms with Gasteiger partial charge in [0.15, 0.2) is 0 Å². The van der Waals surface area contributed by atoms with Gasteiger partial charge >= 0.3 is 0 Å². The van der Waals surface area contributed by atoms with Crippen molar-refractivity contribution in [2.24, 2.45) is 0 Å². The number of hydrogen-bond donors (Lipinski definition) is 0. The van der Waals surface area contributed by atoms with Gasteiger partial charge in [-0.15, -0.1) is 0 Å². The summed E-state index contributed by atoms with van der Waals surface area (Å²) < 4.78 is 38.5. The summed E-state index contributed by atoms with van der Waals surface area (Å²) >= 11 is 3.11. The van der Waals surface area contributed by atoms with E-state index < -0.39 is 17.9 Å². The van der Waals surface area contributed by atoms with E-state index in [1.54, 1.807) is 6.07 Å². The summed E-state index contributed by atoms with van der Waals surface area (Å²) in [5.74, 6) is -0.601. The molecule has 0 aliphatic carbocycles. The zero-order valence-electron chi connectivity index (χ0n) is 7.35. The molecule has 0 saturated heterocycles. The van der Waals surface area contributed by atoms with E-state index in [-0.39, 0.29) is 5.52 Å². The first kappa shape index (κ1) is 10.4. The van der Waals surface area contributed by atoms with E-state index in [9.17, 15) is 13.2 Å². The molecular weight excluding hydrogens is 271 g/mol. The van der Waals surface area contributed by atoms with Crippen LogP contribution in [0.4, 0.5) is 13.2 Å². The van der Waals surface area contributed by atoms with Gasteiger partial charge in [-0.05, 0) is 12.1 Å². The van der Waals surface area contributed by atoms with E-state index >= 15 is 0 Å². The third-order valence-electron chi connectivity index (χ3n) is 1.98. The van der Waals surface area contributed by atoms with Crippen molar-refractivity contribution in [2.45, 2.75) is 6.43 Å². The number of hydrogen-bond acceptors (Lipinski definition) is 1. The topological polar surface area (TPSA) is 12.9 Å². The first-order valence-electron chi connectivity index (χ1n) is 4.12. The lowest BCUT2D eigenvalue weighted by Gasteiger charge is -2.04. The average Bonchev–Trinajstić information content (AvgIpc) is 2.19. The first-order chi connectivity index (χ1) is 7.09. The average molecular weight is 276 g/mol. The van der Waals surface area contributed by atoms with Gasteiger partial charge in [0.25, 0.3) is 6.43 Å². The molecule has 2 aromatic rings. The fourth-order valence-corrected chi connectivity index (χ4v) is 1.86. The van der Waals surface area contributed by atoms with Gasteiger partial charge in [0, 0.05) is 9.86 Å². The standard InChI is InChI=1S/C10H5BrF3N/c11-6-4-8(10(13)14)15-9-5(6)2-1-3-7(9)12/h1-4,10H. The molecule has 1 aromatic carbocycles. The van der Waals surface area contributed by atoms with Crippen molar-refractivity contribution in [2.75, 3.05) is 0 Å². The Morgan fingerprint density at radius 3 is 2.67 bits per heavy atom. The predicted octanol–water partition coefficient (Wildman–Crippen LogP) is 4.07. The summed E-state index contributed by atoms with van der Waals surface area (Å²) in [6.07, 6.45) is -2.70. The first-order valence-corrected chi connectivity index (χ1v) is 4.91. The maximum Gasteiger partial charge on any atom is 0.280 e. The molecule has 0 aliphatic rings. The Morgan fingerprint density at radius 2 is 2.00 bits per heavy atom. The second-order valence-corrected chi connectivity index (χ2v) is 3.82. The molecule has 1 nitrogen and oxygen atoms in total. The molecule has 2 rings (SSSR count). The van der Waals surface area contributed by atoms with Crippen molar-refractivity contribution in [3.63, 3.8) is 0 Å². The Labute approximate surface area is 92.1 Å². The van der Waals surface area contributed by atoms with Crippen molar-refractivity contribution >= 4 is 26.8 Å². The molecule has 0 bridgehead atoms. The van der Waals surface area contributed by atoms with Crippen molar-refractivity contribution in [1.82, 2.24) is 4.98 Å². The molecule has 1 heterocycles. The monoisotopic (exact) mass is 275 g/mol. The van der Waals surface area contributed by atoms with Crippen LogP contribution >= 0.6 is 15.9 Å². The number of nitrogens with zero attached hydrogens (tertiary/aromatic N) is 1. The molecule has 0 radical (unpaired) electrons. The van der Waals surface area contributed by atoms with Gasteiger partial charge in [0.1, 0.15) is 17.0 Å². The lowest BCUT2D eigenvalue weighted by molar-refractivity contribution is 0.146. The zero-order chi connectivity index (χ0) is 11.0. The fraction of sp³-hybridized carbons (Fsp3) is 0.100. The summed E-state index contributed by atoms with van der Waals surface area (Å²) in [6, 6.07) is 5.51. The lowest BCUT2D eigenvalue weighted by atomic mass is 10.2. The van der Waals surface area contributed by atoms with Gasteiger partial charge in [0.2, 0.25) is 0 Å². The molecule has 78 valence electrons. The highest BCUT2D eigenvalue weighted by molar-refractivity contribution is 9.10. The van der Waals surface area contributed by atoms with Crippen molar-refractivity contribution < 1.29 is 13.2 Å². The van der Waals surface area contributed by atoms with Crippen LogP contribution in [0.15, 0.2) is 28.7 Å². The number of aromatic nitrogens is 1. The molecule has 0 aliphatic heterocycles. The molecule has 0 unspecified atom stereocenters. The van der Waals surface area contributed by atoms with E-state index in [0.29, 0.717) is 9.86 Å². The number of para-hydroxylation sites is 1. The van der Waals surface area contributed by atoms with Gasteiger partial charge in [-0.25, -0.2) is 18.2 Å². The van der Waals surface area contributed by atoms with Crippen molar-refractivity contribution in [3.8, 4) is 0 Å². The Bertz CT molecular complexity index is 513.